The second-order valence-corrected chi connectivity index (χ2v) is 4.91. The van der Waals surface area contributed by atoms with Gasteiger partial charge in [-0.3, -0.25) is 4.79 Å². The molecule has 0 saturated carbocycles. The second kappa shape index (κ2) is 7.96. The third kappa shape index (κ3) is 5.24. The van der Waals surface area contributed by atoms with Gasteiger partial charge < -0.3 is 15.2 Å². The van der Waals surface area contributed by atoms with E-state index in [2.05, 4.69) is 10.1 Å². The first-order valence-electron chi connectivity index (χ1n) is 6.91. The lowest BCUT2D eigenvalue weighted by molar-refractivity contribution is -0.138. The molecule has 0 bridgehead atoms. The third-order valence-electron chi connectivity index (χ3n) is 3.12. The van der Waals surface area contributed by atoms with E-state index >= 15 is 0 Å². The van der Waals surface area contributed by atoms with E-state index in [1.54, 1.807) is 0 Å². The molecule has 0 atom stereocenters. The number of unbranched alkanes of at least 4 members (excludes halogenated alkanes) is 1. The number of aliphatic hydroxyl groups is 1. The summed E-state index contributed by atoms with van der Waals surface area (Å²) in [5.74, 6) is -1.44. The molecule has 8 heteroatoms. The predicted molar refractivity (Wildman–Crippen MR) is 77.1 cm³/mol. The Bertz CT molecular complexity index is 585. The maximum Gasteiger partial charge on any atom is 0.416 e. The number of nitrogens with one attached hydrogen (secondary N) is 1. The van der Waals surface area contributed by atoms with E-state index in [4.69, 9.17) is 5.11 Å². The van der Waals surface area contributed by atoms with Crippen LogP contribution in [0.5, 0.6) is 0 Å². The van der Waals surface area contributed by atoms with E-state index in [1.807, 2.05) is 0 Å². The number of rotatable bonds is 6. The van der Waals surface area contributed by atoms with Gasteiger partial charge in [0.05, 0.1) is 23.9 Å². The van der Waals surface area contributed by atoms with Crippen LogP contribution in [0.2, 0.25) is 0 Å². The van der Waals surface area contributed by atoms with Crippen LogP contribution in [-0.2, 0) is 22.1 Å². The van der Waals surface area contributed by atoms with Gasteiger partial charge in [0.2, 0.25) is 5.91 Å². The van der Waals surface area contributed by atoms with E-state index in [9.17, 15) is 22.8 Å². The highest BCUT2D eigenvalue weighted by atomic mass is 19.4. The number of amides is 1. The summed E-state index contributed by atoms with van der Waals surface area (Å²) >= 11 is 0. The number of carbonyl (C=O) groups is 2. The number of aliphatic hydroxyl groups excluding tert-OH is 1. The normalized spacial score (nSPS) is 11.2. The summed E-state index contributed by atoms with van der Waals surface area (Å²) in [4.78, 5) is 22.9. The van der Waals surface area contributed by atoms with Crippen LogP contribution < -0.4 is 5.32 Å². The molecule has 5 nitrogen and oxygen atoms in total. The quantitative estimate of drug-likeness (QED) is 0.620. The predicted octanol–water partition coefficient (Wildman–Crippen LogP) is 2.77. The first-order chi connectivity index (χ1) is 10.7. The summed E-state index contributed by atoms with van der Waals surface area (Å²) in [7, 11) is 1.10. The van der Waals surface area contributed by atoms with Gasteiger partial charge in [0.15, 0.2) is 0 Å². The molecule has 1 rings (SSSR count). The third-order valence-corrected chi connectivity index (χ3v) is 3.12. The molecule has 0 heterocycles. The van der Waals surface area contributed by atoms with Crippen LogP contribution in [0.4, 0.5) is 18.9 Å². The highest BCUT2D eigenvalue weighted by molar-refractivity contribution is 6.01. The second-order valence-electron chi connectivity index (χ2n) is 4.91. The molecule has 0 aliphatic carbocycles. The SMILES string of the molecule is COC(=O)c1cc(CCCCO)c(C(F)(F)F)cc1NC(C)=O. The summed E-state index contributed by atoms with van der Waals surface area (Å²) < 4.78 is 44.2. The molecule has 1 aromatic rings. The Balaban J connectivity index is 3.41. The Hall–Kier alpha value is -2.09. The first kappa shape index (κ1) is 19.0. The minimum atomic E-state index is -4.63. The number of hydrogen-bond donors (Lipinski definition) is 2. The van der Waals surface area contributed by atoms with Crippen molar-refractivity contribution >= 4 is 17.6 Å². The van der Waals surface area contributed by atoms with E-state index in [0.717, 1.165) is 26.2 Å². The van der Waals surface area contributed by atoms with Crippen molar-refractivity contribution in [2.75, 3.05) is 19.0 Å². The van der Waals surface area contributed by atoms with Gasteiger partial charge in [-0.25, -0.2) is 4.79 Å². The molecule has 128 valence electrons. The summed E-state index contributed by atoms with van der Waals surface area (Å²) in [6, 6.07) is 1.82. The van der Waals surface area contributed by atoms with Gasteiger partial charge in [-0.05, 0) is 37.0 Å². The Kier molecular flexibility index (Phi) is 6.56. The van der Waals surface area contributed by atoms with E-state index in [-0.39, 0.29) is 29.8 Å². The van der Waals surface area contributed by atoms with Gasteiger partial charge in [0, 0.05) is 13.5 Å². The van der Waals surface area contributed by atoms with Gasteiger partial charge in [-0.1, -0.05) is 0 Å². The fraction of sp³-hybridized carbons (Fsp3) is 0.467. The number of halogens is 3. The maximum atomic E-state index is 13.2. The molecule has 1 aromatic carbocycles. The van der Waals surface area contributed by atoms with Crippen LogP contribution in [0.1, 0.15) is 41.3 Å². The number of carbonyl (C=O) groups excluding carboxylic acids is 2. The summed E-state index contributed by atoms with van der Waals surface area (Å²) in [6.07, 6.45) is -3.91. The molecule has 0 fully saturated rings. The van der Waals surface area contributed by atoms with Crippen LogP contribution in [-0.4, -0.2) is 30.7 Å². The first-order valence-corrected chi connectivity index (χ1v) is 6.91. The molecule has 0 aliphatic heterocycles. The van der Waals surface area contributed by atoms with Crippen molar-refractivity contribution in [3.8, 4) is 0 Å². The molecule has 0 aromatic heterocycles. The van der Waals surface area contributed by atoms with Crippen molar-refractivity contribution in [3.05, 3.63) is 28.8 Å². The summed E-state index contributed by atoms with van der Waals surface area (Å²) in [5, 5.41) is 11.0. The number of alkyl halides is 3. The minimum absolute atomic E-state index is 0.0414. The number of ether oxygens (including phenoxy) is 1. The molecular weight excluding hydrogens is 315 g/mol. The zero-order valence-corrected chi connectivity index (χ0v) is 12.8. The van der Waals surface area contributed by atoms with Crippen molar-refractivity contribution < 1.29 is 32.6 Å². The largest absolute Gasteiger partial charge is 0.465 e. The number of aryl methyl sites for hydroxylation is 1. The molecular formula is C15H18F3NO4. The van der Waals surface area contributed by atoms with Crippen LogP contribution >= 0.6 is 0 Å². The number of hydrogen-bond acceptors (Lipinski definition) is 4. The minimum Gasteiger partial charge on any atom is -0.465 e. The summed E-state index contributed by atoms with van der Waals surface area (Å²) in [6.45, 7) is 0.999. The average Bonchev–Trinajstić information content (AvgIpc) is 2.45. The van der Waals surface area contributed by atoms with Gasteiger partial charge in [-0.15, -0.1) is 0 Å². The smallest absolute Gasteiger partial charge is 0.416 e. The van der Waals surface area contributed by atoms with Gasteiger partial charge in [0.1, 0.15) is 0 Å². The topological polar surface area (TPSA) is 75.6 Å². The lowest BCUT2D eigenvalue weighted by atomic mass is 9.97. The zero-order chi connectivity index (χ0) is 17.6. The number of methoxy groups -OCH3 is 1. The molecule has 0 unspecified atom stereocenters. The zero-order valence-electron chi connectivity index (χ0n) is 12.8. The van der Waals surface area contributed by atoms with Gasteiger partial charge in [-0.2, -0.15) is 13.2 Å². The number of anilines is 1. The highest BCUT2D eigenvalue weighted by Gasteiger charge is 2.35. The molecule has 0 saturated heterocycles. The Morgan fingerprint density at radius 3 is 2.39 bits per heavy atom. The monoisotopic (exact) mass is 333 g/mol. The average molecular weight is 333 g/mol. The standard InChI is InChI=1S/C15H18F3NO4/c1-9(21)19-13-8-12(15(16,17)18)10(5-3-4-6-20)7-11(13)14(22)23-2/h7-8,20H,3-6H2,1-2H3,(H,19,21). The van der Waals surface area contributed by atoms with Gasteiger partial charge >= 0.3 is 12.1 Å². The van der Waals surface area contributed by atoms with E-state index < -0.39 is 23.6 Å². The number of esters is 1. The van der Waals surface area contributed by atoms with Crippen molar-refractivity contribution in [3.63, 3.8) is 0 Å². The Morgan fingerprint density at radius 1 is 1.26 bits per heavy atom. The van der Waals surface area contributed by atoms with E-state index in [1.165, 1.54) is 0 Å². The molecule has 0 radical (unpaired) electrons. The molecule has 2 N–H and O–H groups in total. The number of benzene rings is 1. The highest BCUT2D eigenvalue weighted by Crippen LogP contribution is 2.36. The molecule has 0 spiro atoms. The van der Waals surface area contributed by atoms with Crippen LogP contribution in [0.15, 0.2) is 12.1 Å². The summed E-state index contributed by atoms with van der Waals surface area (Å²) in [5.41, 5.74) is -1.40. The Morgan fingerprint density at radius 2 is 1.91 bits per heavy atom. The van der Waals surface area contributed by atoms with Crippen molar-refractivity contribution in [1.82, 2.24) is 0 Å². The van der Waals surface area contributed by atoms with Crippen LogP contribution in [0, 0.1) is 0 Å². The lowest BCUT2D eigenvalue weighted by Crippen LogP contribution is -2.17. The fourth-order valence-electron chi connectivity index (χ4n) is 2.11. The van der Waals surface area contributed by atoms with E-state index in [0.29, 0.717) is 12.8 Å². The van der Waals surface area contributed by atoms with Crippen molar-refractivity contribution in [1.29, 1.82) is 0 Å². The molecule has 0 aliphatic rings. The molecule has 23 heavy (non-hydrogen) atoms. The Labute approximate surface area is 131 Å². The van der Waals surface area contributed by atoms with Crippen LogP contribution in [0.3, 0.4) is 0 Å². The fourth-order valence-corrected chi connectivity index (χ4v) is 2.11. The lowest BCUT2D eigenvalue weighted by Gasteiger charge is -2.17. The van der Waals surface area contributed by atoms with Crippen LogP contribution in [0.25, 0.3) is 0 Å². The van der Waals surface area contributed by atoms with Crippen molar-refractivity contribution in [2.24, 2.45) is 0 Å². The maximum absolute atomic E-state index is 13.2. The molecule has 1 amide bonds. The van der Waals surface area contributed by atoms with Crippen molar-refractivity contribution in [2.45, 2.75) is 32.4 Å². The van der Waals surface area contributed by atoms with Gasteiger partial charge in [0.25, 0.3) is 0 Å².